The number of nitrogens with one attached hydrogen (secondary N) is 1. The van der Waals surface area contributed by atoms with Gasteiger partial charge >= 0.3 is 17.9 Å². The van der Waals surface area contributed by atoms with E-state index in [9.17, 15) is 29.3 Å². The van der Waals surface area contributed by atoms with Crippen molar-refractivity contribution in [1.82, 2.24) is 0 Å². The second-order valence-electron chi connectivity index (χ2n) is 16.9. The van der Waals surface area contributed by atoms with Crippen molar-refractivity contribution in [3.8, 4) is 11.5 Å². The molecule has 1 amide bonds. The maximum Gasteiger partial charge on any atom is 0.312 e. The lowest BCUT2D eigenvalue weighted by atomic mass is 9.64. The summed E-state index contributed by atoms with van der Waals surface area (Å²) >= 11 is 0. The molecular formula is C45H58N8O9Si. The molecule has 0 saturated heterocycles. The quantitative estimate of drug-likeness (QED) is 0.0122. The molecule has 3 aromatic rings. The van der Waals surface area contributed by atoms with E-state index in [1.165, 1.54) is 43.5 Å². The van der Waals surface area contributed by atoms with Gasteiger partial charge in [-0.25, -0.2) is 0 Å². The summed E-state index contributed by atoms with van der Waals surface area (Å²) in [6, 6.07) is 16.9. The zero-order valence-electron chi connectivity index (χ0n) is 37.8. The number of anilines is 2. The molecule has 0 spiro atoms. The van der Waals surface area contributed by atoms with Crippen LogP contribution < -0.4 is 10.2 Å². The standard InChI is InChI=1S/C45H58N8O9Si/c1-11-43(4,41(56)61-26-14-28-63(8,9)10)30-45(6,40(55)60-7)31-44(5,12-2)42(57)62-27-25-52(13-3)36-22-20-34(21-23-36)48-50-37-24-15-32(29-38(37)53(58)59)39(54)47-33-16-18-35(19-17-33)49-51-46/h15-24,29H,11-13,25-27,30-31H2,1-10H3,(H,47,54). The SMILES string of the molecule is CCN(CCOC(=O)C(C)(CC)CC(C)(CC(C)(CC)C(=O)OCC#C[Si](C)(C)C)C(=O)OC)c1ccc(N=Nc2ccc(C(=O)Nc3ccc(N=[N+]=[N-])cc3)cc2[N+](=O)[O-])cc1. The Morgan fingerprint density at radius 2 is 1.43 bits per heavy atom. The fourth-order valence-corrected chi connectivity index (χ4v) is 7.53. The minimum Gasteiger partial charge on any atom is -0.469 e. The Balaban J connectivity index is 1.67. The molecule has 0 radical (unpaired) electrons. The molecule has 1 N–H and O–H groups in total. The number of amides is 1. The highest BCUT2D eigenvalue weighted by Crippen LogP contribution is 2.47. The maximum atomic E-state index is 13.8. The molecule has 3 atom stereocenters. The average molecular weight is 883 g/mol. The number of ether oxygens (including phenoxy) is 3. The lowest BCUT2D eigenvalue weighted by Gasteiger charge is -2.40. The summed E-state index contributed by atoms with van der Waals surface area (Å²) in [6.07, 6.45) is 0.926. The van der Waals surface area contributed by atoms with E-state index in [2.05, 4.69) is 56.7 Å². The Morgan fingerprint density at radius 3 is 1.95 bits per heavy atom. The molecule has 63 heavy (non-hydrogen) atoms. The van der Waals surface area contributed by atoms with Crippen LogP contribution in [-0.2, 0) is 28.6 Å². The molecule has 3 unspecified atom stereocenters. The Hall–Kier alpha value is -6.57. The van der Waals surface area contributed by atoms with E-state index in [0.29, 0.717) is 43.0 Å². The molecule has 17 nitrogen and oxygen atoms in total. The highest BCUT2D eigenvalue weighted by atomic mass is 28.3. The van der Waals surface area contributed by atoms with Crippen LogP contribution >= 0.6 is 0 Å². The number of carbonyl (C=O) groups excluding carboxylic acids is 4. The third-order valence-electron chi connectivity index (χ3n) is 10.7. The number of hydrogen-bond acceptors (Lipinski definition) is 13. The van der Waals surface area contributed by atoms with Gasteiger partial charge in [0.05, 0.1) is 40.5 Å². The van der Waals surface area contributed by atoms with Crippen molar-refractivity contribution in [1.29, 1.82) is 0 Å². The van der Waals surface area contributed by atoms with Crippen LogP contribution in [0.2, 0.25) is 19.6 Å². The molecule has 0 bridgehead atoms. The van der Waals surface area contributed by atoms with Crippen molar-refractivity contribution in [2.45, 2.75) is 86.9 Å². The molecule has 3 aromatic carbocycles. The first-order valence-electron chi connectivity index (χ1n) is 20.6. The van der Waals surface area contributed by atoms with Gasteiger partial charge < -0.3 is 24.4 Å². The van der Waals surface area contributed by atoms with Gasteiger partial charge in [0.15, 0.2) is 12.3 Å². The lowest BCUT2D eigenvalue weighted by molar-refractivity contribution is -0.384. The number of benzene rings is 3. The second-order valence-corrected chi connectivity index (χ2v) is 21.7. The van der Waals surface area contributed by atoms with Crippen molar-refractivity contribution in [2.75, 3.05) is 43.6 Å². The first-order valence-corrected chi connectivity index (χ1v) is 24.1. The summed E-state index contributed by atoms with van der Waals surface area (Å²) in [5, 5.41) is 26.3. The van der Waals surface area contributed by atoms with Crippen LogP contribution in [0.5, 0.6) is 0 Å². The van der Waals surface area contributed by atoms with Gasteiger partial charge in [-0.05, 0) is 107 Å². The van der Waals surface area contributed by atoms with Gasteiger partial charge in [0, 0.05) is 40.1 Å². The molecule has 0 aliphatic heterocycles. The molecular weight excluding hydrogens is 825 g/mol. The van der Waals surface area contributed by atoms with Crippen molar-refractivity contribution in [2.24, 2.45) is 31.6 Å². The number of nitro groups is 1. The third kappa shape index (κ3) is 14.5. The molecule has 0 aliphatic rings. The Kier molecular flexibility index (Phi) is 18.1. The topological polar surface area (TPSA) is 228 Å². The zero-order valence-corrected chi connectivity index (χ0v) is 38.8. The van der Waals surface area contributed by atoms with Crippen LogP contribution in [0.1, 0.15) is 77.6 Å². The fourth-order valence-electron chi connectivity index (χ4n) is 6.93. The van der Waals surface area contributed by atoms with Gasteiger partial charge in [0.2, 0.25) is 0 Å². The Bertz CT molecular complexity index is 2260. The third-order valence-corrected chi connectivity index (χ3v) is 11.6. The molecule has 18 heteroatoms. The normalized spacial score (nSPS) is 14.0. The van der Waals surface area contributed by atoms with Gasteiger partial charge in [0.25, 0.3) is 11.6 Å². The van der Waals surface area contributed by atoms with Crippen LogP contribution in [0.3, 0.4) is 0 Å². The molecule has 0 heterocycles. The van der Waals surface area contributed by atoms with Gasteiger partial charge in [-0.15, -0.1) is 10.7 Å². The zero-order chi connectivity index (χ0) is 47.0. The minimum absolute atomic E-state index is 0.0294. The largest absolute Gasteiger partial charge is 0.469 e. The molecule has 0 fully saturated rings. The second kappa shape index (κ2) is 22.5. The number of likely N-dealkylation sites (N-methyl/N-ethyl adjacent to an activating group) is 1. The number of hydrogen-bond donors (Lipinski definition) is 1. The number of nitrogens with zero attached hydrogens (tertiary/aromatic N) is 7. The Labute approximate surface area is 369 Å². The van der Waals surface area contributed by atoms with Crippen LogP contribution in [0, 0.1) is 37.8 Å². The van der Waals surface area contributed by atoms with E-state index in [4.69, 9.17) is 19.7 Å². The first-order chi connectivity index (χ1) is 29.7. The van der Waals surface area contributed by atoms with Crippen molar-refractivity contribution in [3.05, 3.63) is 92.9 Å². The number of rotatable bonds is 21. The van der Waals surface area contributed by atoms with E-state index < -0.39 is 58.7 Å². The summed E-state index contributed by atoms with van der Waals surface area (Å²) in [5.74, 6) is 0.888. The number of azide groups is 1. The number of esters is 3. The molecule has 0 saturated carbocycles. The van der Waals surface area contributed by atoms with E-state index >= 15 is 0 Å². The monoisotopic (exact) mass is 882 g/mol. The first kappa shape index (κ1) is 50.8. The summed E-state index contributed by atoms with van der Waals surface area (Å²) in [4.78, 5) is 69.4. The molecule has 336 valence electrons. The molecule has 0 aromatic heterocycles. The maximum absolute atomic E-state index is 13.8. The number of nitro benzene ring substituents is 1. The predicted molar refractivity (Wildman–Crippen MR) is 244 cm³/mol. The van der Waals surface area contributed by atoms with Crippen molar-refractivity contribution in [3.63, 3.8) is 0 Å². The van der Waals surface area contributed by atoms with Gasteiger partial charge in [-0.2, -0.15) is 5.11 Å². The van der Waals surface area contributed by atoms with Crippen LogP contribution in [0.15, 0.2) is 82.1 Å². The van der Waals surface area contributed by atoms with E-state index in [1.807, 2.05) is 25.7 Å². The van der Waals surface area contributed by atoms with Crippen LogP contribution in [0.25, 0.3) is 10.4 Å². The smallest absolute Gasteiger partial charge is 0.312 e. The highest BCUT2D eigenvalue weighted by molar-refractivity contribution is 6.83. The van der Waals surface area contributed by atoms with Crippen LogP contribution in [0.4, 0.5) is 34.1 Å². The summed E-state index contributed by atoms with van der Waals surface area (Å²) in [7, 11) is -0.358. The number of azo groups is 1. The van der Waals surface area contributed by atoms with E-state index in [0.717, 1.165) is 11.8 Å². The highest BCUT2D eigenvalue weighted by Gasteiger charge is 2.50. The molecule has 0 aliphatic carbocycles. The summed E-state index contributed by atoms with van der Waals surface area (Å²) < 4.78 is 16.7. The number of carbonyl (C=O) groups is 4. The van der Waals surface area contributed by atoms with Crippen molar-refractivity contribution >= 4 is 66.0 Å². The average Bonchev–Trinajstić information content (AvgIpc) is 3.25. The lowest BCUT2D eigenvalue weighted by Crippen LogP contribution is -2.45. The summed E-state index contributed by atoms with van der Waals surface area (Å²) in [6.45, 7) is 18.1. The number of methoxy groups -OCH3 is 1. The van der Waals surface area contributed by atoms with Gasteiger partial charge in [0.1, 0.15) is 14.7 Å². The van der Waals surface area contributed by atoms with Gasteiger partial charge in [-0.1, -0.05) is 56.7 Å². The minimum atomic E-state index is -1.65. The van der Waals surface area contributed by atoms with E-state index in [1.54, 1.807) is 45.0 Å². The van der Waals surface area contributed by atoms with Crippen molar-refractivity contribution < 1.29 is 38.3 Å². The fraction of sp³-hybridized carbons (Fsp3) is 0.467. The van der Waals surface area contributed by atoms with Gasteiger partial charge in [-0.3, -0.25) is 29.3 Å². The Morgan fingerprint density at radius 1 is 0.841 bits per heavy atom. The van der Waals surface area contributed by atoms with E-state index in [-0.39, 0.29) is 37.3 Å². The summed E-state index contributed by atoms with van der Waals surface area (Å²) in [5.41, 5.74) is 9.93. The predicted octanol–water partition coefficient (Wildman–Crippen LogP) is 10.8. The van der Waals surface area contributed by atoms with Crippen LogP contribution in [-0.4, -0.2) is 70.2 Å². The molecule has 3 rings (SSSR count).